The highest BCUT2D eigenvalue weighted by molar-refractivity contribution is 7.10. The SMILES string of the molecule is CCOC(=O)[C@@H]1C(=O)C2=C(C[C@@H]1c1cccs1)NC(=O)C[C@@H]2c1cccc([N+](=O)[O-])c1. The van der Waals surface area contributed by atoms with E-state index in [1.807, 2.05) is 17.5 Å². The Morgan fingerprint density at radius 1 is 1.26 bits per heavy atom. The zero-order valence-electron chi connectivity index (χ0n) is 16.7. The third-order valence-electron chi connectivity index (χ3n) is 5.66. The first kappa shape index (κ1) is 20.9. The van der Waals surface area contributed by atoms with Crippen LogP contribution in [0.3, 0.4) is 0 Å². The van der Waals surface area contributed by atoms with E-state index < -0.39 is 34.4 Å². The number of carbonyl (C=O) groups excluding carboxylic acids is 3. The zero-order valence-corrected chi connectivity index (χ0v) is 17.5. The number of thiophene rings is 1. The van der Waals surface area contributed by atoms with Crippen LogP contribution in [0.4, 0.5) is 5.69 Å². The number of ketones is 1. The van der Waals surface area contributed by atoms with E-state index in [2.05, 4.69) is 5.32 Å². The molecule has 2 aromatic rings. The molecule has 0 saturated heterocycles. The van der Waals surface area contributed by atoms with E-state index >= 15 is 0 Å². The van der Waals surface area contributed by atoms with Crippen LogP contribution in [-0.2, 0) is 19.1 Å². The van der Waals surface area contributed by atoms with Gasteiger partial charge in [0, 0.05) is 46.5 Å². The Balaban J connectivity index is 1.82. The van der Waals surface area contributed by atoms with Crippen molar-refractivity contribution in [3.63, 3.8) is 0 Å². The summed E-state index contributed by atoms with van der Waals surface area (Å²) in [5.41, 5.74) is 1.21. The summed E-state index contributed by atoms with van der Waals surface area (Å²) >= 11 is 1.44. The number of nitro groups is 1. The number of rotatable bonds is 5. The number of allylic oxidation sites excluding steroid dienone is 2. The van der Waals surface area contributed by atoms with E-state index in [0.717, 1.165) is 4.88 Å². The van der Waals surface area contributed by atoms with Gasteiger partial charge in [0.15, 0.2) is 5.78 Å². The number of benzene rings is 1. The maximum absolute atomic E-state index is 13.7. The molecule has 0 spiro atoms. The first-order chi connectivity index (χ1) is 14.9. The number of nitrogens with zero attached hydrogens (tertiary/aromatic N) is 1. The molecule has 0 unspecified atom stereocenters. The number of amides is 1. The highest BCUT2D eigenvalue weighted by Crippen LogP contribution is 2.46. The summed E-state index contributed by atoms with van der Waals surface area (Å²) in [6, 6.07) is 9.65. The van der Waals surface area contributed by atoms with E-state index in [4.69, 9.17) is 4.74 Å². The Labute approximate surface area is 182 Å². The van der Waals surface area contributed by atoms with Gasteiger partial charge in [-0.1, -0.05) is 18.2 Å². The second-order valence-corrected chi connectivity index (χ2v) is 8.45. The molecule has 2 aliphatic rings. The number of non-ortho nitro benzene ring substituents is 1. The van der Waals surface area contributed by atoms with Crippen molar-refractivity contribution in [2.24, 2.45) is 5.92 Å². The van der Waals surface area contributed by atoms with Gasteiger partial charge in [0.05, 0.1) is 11.5 Å². The molecule has 0 saturated carbocycles. The highest BCUT2D eigenvalue weighted by Gasteiger charge is 2.48. The van der Waals surface area contributed by atoms with Gasteiger partial charge in [-0.15, -0.1) is 11.3 Å². The maximum atomic E-state index is 13.7. The molecule has 1 N–H and O–H groups in total. The lowest BCUT2D eigenvalue weighted by molar-refractivity contribution is -0.384. The highest BCUT2D eigenvalue weighted by atomic mass is 32.1. The van der Waals surface area contributed by atoms with Crippen molar-refractivity contribution >= 4 is 34.7 Å². The molecule has 0 radical (unpaired) electrons. The predicted molar refractivity (Wildman–Crippen MR) is 112 cm³/mol. The number of nitro benzene ring substituents is 1. The van der Waals surface area contributed by atoms with E-state index in [1.165, 1.54) is 29.5 Å². The number of esters is 1. The number of carbonyl (C=O) groups is 3. The van der Waals surface area contributed by atoms with E-state index in [0.29, 0.717) is 23.3 Å². The summed E-state index contributed by atoms with van der Waals surface area (Å²) in [5, 5.41) is 15.9. The third kappa shape index (κ3) is 3.88. The molecule has 3 atom stereocenters. The van der Waals surface area contributed by atoms with Crippen LogP contribution in [0.2, 0.25) is 0 Å². The van der Waals surface area contributed by atoms with Gasteiger partial charge in [-0.2, -0.15) is 0 Å². The fourth-order valence-corrected chi connectivity index (χ4v) is 5.23. The minimum Gasteiger partial charge on any atom is -0.465 e. The summed E-state index contributed by atoms with van der Waals surface area (Å²) in [6.45, 7) is 1.83. The Morgan fingerprint density at radius 3 is 2.74 bits per heavy atom. The van der Waals surface area contributed by atoms with Crippen LogP contribution in [0, 0.1) is 16.0 Å². The summed E-state index contributed by atoms with van der Waals surface area (Å²) in [6.07, 6.45) is 0.285. The Morgan fingerprint density at radius 2 is 2.06 bits per heavy atom. The van der Waals surface area contributed by atoms with Crippen molar-refractivity contribution in [1.82, 2.24) is 5.32 Å². The van der Waals surface area contributed by atoms with E-state index in [-0.39, 0.29) is 24.6 Å². The third-order valence-corrected chi connectivity index (χ3v) is 6.66. The molecule has 4 rings (SSSR count). The second kappa shape index (κ2) is 8.43. The zero-order chi connectivity index (χ0) is 22.1. The molecule has 160 valence electrons. The number of nitrogens with one attached hydrogen (secondary N) is 1. The second-order valence-electron chi connectivity index (χ2n) is 7.47. The van der Waals surface area contributed by atoms with Crippen LogP contribution in [0.25, 0.3) is 0 Å². The summed E-state index contributed by atoms with van der Waals surface area (Å²) < 4.78 is 5.22. The quantitative estimate of drug-likeness (QED) is 0.330. The van der Waals surface area contributed by atoms with Crippen molar-refractivity contribution in [1.29, 1.82) is 0 Å². The smallest absolute Gasteiger partial charge is 0.317 e. The molecule has 31 heavy (non-hydrogen) atoms. The summed E-state index contributed by atoms with van der Waals surface area (Å²) in [4.78, 5) is 50.5. The van der Waals surface area contributed by atoms with Gasteiger partial charge in [0.2, 0.25) is 5.91 Å². The summed E-state index contributed by atoms with van der Waals surface area (Å²) in [5.74, 6) is -3.36. The number of Topliss-reactive ketones (excluding diaryl/α,β-unsaturated/α-hetero) is 1. The lowest BCUT2D eigenvalue weighted by Gasteiger charge is -2.37. The van der Waals surface area contributed by atoms with Gasteiger partial charge >= 0.3 is 5.97 Å². The van der Waals surface area contributed by atoms with Crippen molar-refractivity contribution in [2.45, 2.75) is 31.6 Å². The molecule has 2 heterocycles. The van der Waals surface area contributed by atoms with Crippen molar-refractivity contribution in [3.05, 3.63) is 73.6 Å². The molecule has 1 aromatic heterocycles. The van der Waals surface area contributed by atoms with Gasteiger partial charge in [-0.05, 0) is 30.4 Å². The largest absolute Gasteiger partial charge is 0.465 e. The van der Waals surface area contributed by atoms with Gasteiger partial charge < -0.3 is 10.1 Å². The van der Waals surface area contributed by atoms with Crippen LogP contribution >= 0.6 is 11.3 Å². The van der Waals surface area contributed by atoms with Crippen LogP contribution in [0.15, 0.2) is 53.0 Å². The minimum atomic E-state index is -1.02. The van der Waals surface area contributed by atoms with Crippen LogP contribution in [0.1, 0.15) is 42.0 Å². The molecule has 9 heteroatoms. The Kier molecular flexibility index (Phi) is 5.69. The standard InChI is InChI=1S/C22H20N2O6S/c1-2-30-22(27)20-15(17-7-4-8-31-17)10-16-19(21(20)26)14(11-18(25)23-16)12-5-3-6-13(9-12)24(28)29/h3-9,14-15,20H,2,10-11H2,1H3,(H,23,25)/t14-,15-,20+/m1/s1. The molecule has 0 fully saturated rings. The first-order valence-corrected chi connectivity index (χ1v) is 10.8. The maximum Gasteiger partial charge on any atom is 0.317 e. The van der Waals surface area contributed by atoms with E-state index in [1.54, 1.807) is 13.0 Å². The van der Waals surface area contributed by atoms with Crippen LogP contribution < -0.4 is 5.32 Å². The van der Waals surface area contributed by atoms with Crippen molar-refractivity contribution < 1.29 is 24.0 Å². The van der Waals surface area contributed by atoms with Crippen molar-refractivity contribution in [3.8, 4) is 0 Å². The lowest BCUT2D eigenvalue weighted by atomic mass is 9.69. The average Bonchev–Trinajstić information content (AvgIpc) is 3.27. The Bertz CT molecular complexity index is 1090. The lowest BCUT2D eigenvalue weighted by Crippen LogP contribution is -2.44. The van der Waals surface area contributed by atoms with Crippen LogP contribution in [-0.4, -0.2) is 29.2 Å². The molecule has 8 nitrogen and oxygen atoms in total. The van der Waals surface area contributed by atoms with Gasteiger partial charge in [-0.3, -0.25) is 24.5 Å². The first-order valence-electron chi connectivity index (χ1n) is 9.92. The average molecular weight is 440 g/mol. The van der Waals surface area contributed by atoms with Crippen LogP contribution in [0.5, 0.6) is 0 Å². The normalized spacial score (nSPS) is 23.2. The molecule has 0 bridgehead atoms. The minimum absolute atomic E-state index is 0.0229. The number of hydrogen-bond acceptors (Lipinski definition) is 7. The van der Waals surface area contributed by atoms with Gasteiger partial charge in [0.25, 0.3) is 5.69 Å². The molecule has 1 amide bonds. The topological polar surface area (TPSA) is 116 Å². The predicted octanol–water partition coefficient (Wildman–Crippen LogP) is 3.45. The van der Waals surface area contributed by atoms with Gasteiger partial charge in [-0.25, -0.2) is 0 Å². The van der Waals surface area contributed by atoms with Gasteiger partial charge in [0.1, 0.15) is 5.92 Å². The molecular formula is C22H20N2O6S. The fraction of sp³-hybridized carbons (Fsp3) is 0.318. The number of hydrogen-bond donors (Lipinski definition) is 1. The number of ether oxygens (including phenoxy) is 1. The molecule has 1 aliphatic carbocycles. The van der Waals surface area contributed by atoms with E-state index in [9.17, 15) is 24.5 Å². The molecular weight excluding hydrogens is 420 g/mol. The molecule has 1 aromatic carbocycles. The molecule has 1 aliphatic heterocycles. The fourth-order valence-electron chi connectivity index (χ4n) is 4.36. The Hall–Kier alpha value is -3.33. The summed E-state index contributed by atoms with van der Waals surface area (Å²) in [7, 11) is 0. The van der Waals surface area contributed by atoms with Crippen molar-refractivity contribution in [2.75, 3.05) is 6.61 Å². The monoisotopic (exact) mass is 440 g/mol.